The van der Waals surface area contributed by atoms with E-state index in [4.69, 9.17) is 4.74 Å². The Labute approximate surface area is 219 Å². The summed E-state index contributed by atoms with van der Waals surface area (Å²) in [5.41, 5.74) is 2.70. The zero-order chi connectivity index (χ0) is 26.1. The van der Waals surface area contributed by atoms with Crippen molar-refractivity contribution < 1.29 is 19.7 Å². The molecule has 37 heavy (non-hydrogen) atoms. The second-order valence-corrected chi connectivity index (χ2v) is 12.1. The normalized spacial score (nSPS) is 31.9. The first-order valence-corrected chi connectivity index (χ1v) is 13.7. The highest BCUT2D eigenvalue weighted by atomic mass is 16.5. The van der Waals surface area contributed by atoms with Crippen LogP contribution >= 0.6 is 0 Å². The zero-order valence-corrected chi connectivity index (χ0v) is 22.3. The van der Waals surface area contributed by atoms with Gasteiger partial charge in [-0.1, -0.05) is 49.7 Å². The molecule has 2 aromatic carbocycles. The predicted molar refractivity (Wildman–Crippen MR) is 144 cm³/mol. The molecule has 196 valence electrons. The van der Waals surface area contributed by atoms with E-state index >= 15 is 0 Å². The Hall–Kier alpha value is -2.83. The van der Waals surface area contributed by atoms with Gasteiger partial charge in [-0.3, -0.25) is 4.79 Å². The molecule has 1 amide bonds. The number of likely N-dealkylation sites (tertiary alicyclic amines) is 1. The molecule has 1 saturated heterocycles. The third-order valence-corrected chi connectivity index (χ3v) is 9.40. The van der Waals surface area contributed by atoms with E-state index in [0.717, 1.165) is 41.6 Å². The van der Waals surface area contributed by atoms with Crippen LogP contribution in [0.25, 0.3) is 6.08 Å². The standard InChI is InChI=1S/C31H38N2O4/c1-19(2)18-33(26(35)11-8-21-7-5-6-20(3)16-21)23-12-13-31(36)25-17-22-9-10-24(34)28-27(22)30(31,29(23)37-28)14-15-32(25)4/h5-11,16,19,23,25,29,34,36H,12-15,17-18H2,1-4H3/b11-8+/t23?,25-,29?,30+,31-/m1/s1. The predicted octanol–water partition coefficient (Wildman–Crippen LogP) is 4.05. The third kappa shape index (κ3) is 3.48. The van der Waals surface area contributed by atoms with E-state index in [1.54, 1.807) is 12.1 Å². The molecule has 0 aromatic heterocycles. The minimum absolute atomic E-state index is 0.00763. The first-order chi connectivity index (χ1) is 17.7. The number of aromatic hydroxyl groups is 1. The number of piperidine rings is 1. The summed E-state index contributed by atoms with van der Waals surface area (Å²) in [5.74, 6) is 0.885. The largest absolute Gasteiger partial charge is 0.504 e. The molecule has 6 heteroatoms. The molecule has 1 spiro atoms. The molecule has 2 bridgehead atoms. The van der Waals surface area contributed by atoms with Crippen LogP contribution in [-0.2, 0) is 16.6 Å². The number of likely N-dealkylation sites (N-methyl/N-ethyl adjacent to an activating group) is 1. The van der Waals surface area contributed by atoms with Crippen molar-refractivity contribution >= 4 is 12.0 Å². The number of hydrogen-bond acceptors (Lipinski definition) is 5. The van der Waals surface area contributed by atoms with Gasteiger partial charge in [0.1, 0.15) is 6.10 Å². The average molecular weight is 503 g/mol. The number of carbonyl (C=O) groups excluding carboxylic acids is 1. The number of ether oxygens (including phenoxy) is 1. The Morgan fingerprint density at radius 3 is 2.84 bits per heavy atom. The Kier molecular flexibility index (Phi) is 5.70. The van der Waals surface area contributed by atoms with Crippen molar-refractivity contribution in [3.05, 3.63) is 64.7 Å². The lowest BCUT2D eigenvalue weighted by Crippen LogP contribution is -2.78. The number of hydrogen-bond donors (Lipinski definition) is 2. The van der Waals surface area contributed by atoms with Crippen LogP contribution in [-0.4, -0.2) is 69.8 Å². The van der Waals surface area contributed by atoms with Crippen LogP contribution < -0.4 is 4.74 Å². The zero-order valence-electron chi connectivity index (χ0n) is 22.3. The molecule has 5 atom stereocenters. The monoisotopic (exact) mass is 502 g/mol. The number of phenolic OH excluding ortho intramolecular Hbond substituents is 1. The molecule has 2 heterocycles. The van der Waals surface area contributed by atoms with E-state index in [-0.39, 0.29) is 29.7 Å². The smallest absolute Gasteiger partial charge is 0.246 e. The van der Waals surface area contributed by atoms with E-state index in [9.17, 15) is 15.0 Å². The Balaban J connectivity index is 1.42. The van der Waals surface area contributed by atoms with E-state index < -0.39 is 17.1 Å². The van der Waals surface area contributed by atoms with Crippen LogP contribution in [0, 0.1) is 12.8 Å². The molecule has 6 rings (SSSR count). The summed E-state index contributed by atoms with van der Waals surface area (Å²) >= 11 is 0. The SMILES string of the molecule is Cc1cccc(/C=C/C(=O)N(CC(C)C)C2CC[C@@]3(O)[C@H]4Cc5ccc(O)c6c5[C@@]3(CCN4C)C2O6)c1. The minimum Gasteiger partial charge on any atom is -0.504 e. The minimum atomic E-state index is -0.961. The summed E-state index contributed by atoms with van der Waals surface area (Å²) in [5, 5.41) is 23.3. The fourth-order valence-electron chi connectivity index (χ4n) is 7.87. The van der Waals surface area contributed by atoms with E-state index in [1.807, 2.05) is 42.2 Å². The molecule has 1 saturated carbocycles. The van der Waals surface area contributed by atoms with Crippen LogP contribution in [0.2, 0.25) is 0 Å². The maximum atomic E-state index is 13.8. The molecule has 2 N–H and O–H groups in total. The molecule has 2 unspecified atom stereocenters. The fraction of sp³-hybridized carbons (Fsp3) is 0.516. The van der Waals surface area contributed by atoms with Gasteiger partial charge in [0.25, 0.3) is 0 Å². The molecule has 0 radical (unpaired) electrons. The number of rotatable bonds is 5. The maximum Gasteiger partial charge on any atom is 0.246 e. The molecule has 4 aliphatic rings. The maximum absolute atomic E-state index is 13.8. The summed E-state index contributed by atoms with van der Waals surface area (Å²) in [7, 11) is 2.10. The summed E-state index contributed by atoms with van der Waals surface area (Å²) in [6.07, 6.45) is 5.91. The third-order valence-electron chi connectivity index (χ3n) is 9.40. The van der Waals surface area contributed by atoms with Gasteiger partial charge in [0, 0.05) is 24.2 Å². The fourth-order valence-corrected chi connectivity index (χ4v) is 7.87. The van der Waals surface area contributed by atoms with Gasteiger partial charge in [0.15, 0.2) is 11.5 Å². The summed E-state index contributed by atoms with van der Waals surface area (Å²) in [6.45, 7) is 7.75. The van der Waals surface area contributed by atoms with Crippen molar-refractivity contribution in [2.75, 3.05) is 20.1 Å². The Bertz CT molecular complexity index is 1270. The highest BCUT2D eigenvalue weighted by Gasteiger charge is 2.73. The number of nitrogens with zero attached hydrogens (tertiary/aromatic N) is 2. The molecule has 2 aliphatic carbocycles. The van der Waals surface area contributed by atoms with Gasteiger partial charge in [-0.2, -0.15) is 0 Å². The molecular formula is C31H38N2O4. The van der Waals surface area contributed by atoms with Gasteiger partial charge in [-0.15, -0.1) is 0 Å². The van der Waals surface area contributed by atoms with E-state index in [2.05, 4.69) is 31.9 Å². The first kappa shape index (κ1) is 24.5. The van der Waals surface area contributed by atoms with Crippen LogP contribution in [0.15, 0.2) is 42.5 Å². The summed E-state index contributed by atoms with van der Waals surface area (Å²) in [4.78, 5) is 18.1. The van der Waals surface area contributed by atoms with Gasteiger partial charge in [-0.25, -0.2) is 0 Å². The van der Waals surface area contributed by atoms with Crippen LogP contribution in [0.3, 0.4) is 0 Å². The molecule has 2 aliphatic heterocycles. The number of amides is 1. The van der Waals surface area contributed by atoms with Crippen molar-refractivity contribution in [3.8, 4) is 11.5 Å². The summed E-state index contributed by atoms with van der Waals surface area (Å²) in [6, 6.07) is 11.6. The van der Waals surface area contributed by atoms with Crippen molar-refractivity contribution in [2.24, 2.45) is 5.92 Å². The molecular weight excluding hydrogens is 464 g/mol. The molecule has 2 aromatic rings. The second-order valence-electron chi connectivity index (χ2n) is 12.1. The van der Waals surface area contributed by atoms with Crippen molar-refractivity contribution in [2.45, 2.75) is 75.7 Å². The molecule has 2 fully saturated rings. The molecule has 6 nitrogen and oxygen atoms in total. The van der Waals surface area contributed by atoms with E-state index in [0.29, 0.717) is 25.1 Å². The highest BCUT2D eigenvalue weighted by Crippen LogP contribution is 2.65. The van der Waals surface area contributed by atoms with Gasteiger partial charge in [0.05, 0.1) is 17.1 Å². The van der Waals surface area contributed by atoms with Gasteiger partial charge >= 0.3 is 0 Å². The number of benzene rings is 2. The lowest BCUT2D eigenvalue weighted by Gasteiger charge is -2.64. The second kappa shape index (κ2) is 8.60. The van der Waals surface area contributed by atoms with Crippen LogP contribution in [0.5, 0.6) is 11.5 Å². The quantitative estimate of drug-likeness (QED) is 0.604. The van der Waals surface area contributed by atoms with Crippen molar-refractivity contribution in [3.63, 3.8) is 0 Å². The Morgan fingerprint density at radius 1 is 1.27 bits per heavy atom. The first-order valence-electron chi connectivity index (χ1n) is 13.7. The number of phenols is 1. The van der Waals surface area contributed by atoms with Crippen molar-refractivity contribution in [1.82, 2.24) is 9.80 Å². The average Bonchev–Trinajstić information content (AvgIpc) is 3.21. The summed E-state index contributed by atoms with van der Waals surface area (Å²) < 4.78 is 6.67. The topological polar surface area (TPSA) is 73.2 Å². The van der Waals surface area contributed by atoms with Gasteiger partial charge < -0.3 is 24.7 Å². The van der Waals surface area contributed by atoms with E-state index in [1.165, 1.54) is 0 Å². The number of carbonyl (C=O) groups is 1. The Morgan fingerprint density at radius 2 is 2.08 bits per heavy atom. The van der Waals surface area contributed by atoms with Gasteiger partial charge in [0.2, 0.25) is 5.91 Å². The van der Waals surface area contributed by atoms with Crippen LogP contribution in [0.1, 0.15) is 55.4 Å². The van der Waals surface area contributed by atoms with Crippen molar-refractivity contribution in [1.29, 1.82) is 0 Å². The lowest BCUT2D eigenvalue weighted by molar-refractivity contribution is -0.197. The number of aryl methyl sites for hydroxylation is 1. The van der Waals surface area contributed by atoms with Gasteiger partial charge in [-0.05, 0) is 75.4 Å². The highest BCUT2D eigenvalue weighted by molar-refractivity contribution is 5.92. The van der Waals surface area contributed by atoms with Crippen LogP contribution in [0.4, 0.5) is 0 Å². The lowest BCUT2D eigenvalue weighted by atomic mass is 9.48. The number of aliphatic hydroxyl groups is 1.